The number of halogens is 1. The maximum Gasteiger partial charge on any atom is 0.119 e. The van der Waals surface area contributed by atoms with E-state index in [1.807, 2.05) is 32.0 Å². The summed E-state index contributed by atoms with van der Waals surface area (Å²) in [6.07, 6.45) is 1.22. The first-order valence-electron chi connectivity index (χ1n) is 7.29. The van der Waals surface area contributed by atoms with Gasteiger partial charge in [0, 0.05) is 17.5 Å². The number of hydrogen-bond donors (Lipinski definition) is 1. The molecule has 2 aromatic rings. The van der Waals surface area contributed by atoms with E-state index in [1.54, 1.807) is 11.3 Å². The lowest BCUT2D eigenvalue weighted by molar-refractivity contribution is 0.242. The largest absolute Gasteiger partial charge is 0.491 e. The fourth-order valence-corrected chi connectivity index (χ4v) is 3.21. The minimum Gasteiger partial charge on any atom is -0.491 e. The summed E-state index contributed by atoms with van der Waals surface area (Å²) in [6, 6.07) is 12.7. The Morgan fingerprint density at radius 3 is 2.38 bits per heavy atom. The summed E-state index contributed by atoms with van der Waals surface area (Å²) in [5.74, 6) is 0.925. The molecule has 2 rings (SSSR count). The third-order valence-electron chi connectivity index (χ3n) is 3.20. The number of benzene rings is 1. The molecule has 0 aliphatic heterocycles. The summed E-state index contributed by atoms with van der Waals surface area (Å²) in [6.45, 7) is 7.20. The summed E-state index contributed by atoms with van der Waals surface area (Å²) in [4.78, 5) is 1.32. The zero-order valence-electron chi connectivity index (χ0n) is 12.7. The van der Waals surface area contributed by atoms with Crippen molar-refractivity contribution in [2.24, 2.45) is 0 Å². The predicted octanol–water partition coefficient (Wildman–Crippen LogP) is 5.08. The van der Waals surface area contributed by atoms with Gasteiger partial charge in [0.25, 0.3) is 0 Å². The van der Waals surface area contributed by atoms with Crippen molar-refractivity contribution in [2.75, 3.05) is 6.54 Å². The van der Waals surface area contributed by atoms with E-state index in [0.29, 0.717) is 6.04 Å². The molecule has 1 aromatic heterocycles. The molecule has 0 spiro atoms. The Labute approximate surface area is 136 Å². The number of rotatable bonds is 7. The van der Waals surface area contributed by atoms with Crippen LogP contribution < -0.4 is 10.1 Å². The molecule has 1 aromatic carbocycles. The molecule has 0 amide bonds. The van der Waals surface area contributed by atoms with Gasteiger partial charge < -0.3 is 10.1 Å². The van der Waals surface area contributed by atoms with Gasteiger partial charge in [-0.25, -0.2) is 0 Å². The van der Waals surface area contributed by atoms with Crippen LogP contribution in [0.15, 0.2) is 36.4 Å². The second-order valence-corrected chi connectivity index (χ2v) is 7.17. The molecule has 0 aliphatic carbocycles. The molecule has 1 atom stereocenters. The van der Waals surface area contributed by atoms with E-state index in [0.717, 1.165) is 23.1 Å². The van der Waals surface area contributed by atoms with Gasteiger partial charge in [-0.1, -0.05) is 23.7 Å². The van der Waals surface area contributed by atoms with Crippen molar-refractivity contribution >= 4 is 22.9 Å². The van der Waals surface area contributed by atoms with Gasteiger partial charge in [0.1, 0.15) is 5.75 Å². The van der Waals surface area contributed by atoms with Crippen LogP contribution in [-0.2, 0) is 6.42 Å². The third-order valence-corrected chi connectivity index (χ3v) is 4.49. The molecule has 0 radical (unpaired) electrons. The highest BCUT2D eigenvalue weighted by Crippen LogP contribution is 2.22. The average molecular weight is 324 g/mol. The molecule has 114 valence electrons. The Morgan fingerprint density at radius 1 is 1.10 bits per heavy atom. The SMILES string of the molecule is CC(C)Oc1ccc(C(C)NCCc2ccc(Cl)s2)cc1. The van der Waals surface area contributed by atoms with E-state index in [1.165, 1.54) is 10.4 Å². The highest BCUT2D eigenvalue weighted by molar-refractivity contribution is 7.16. The Kier molecular flexibility index (Phi) is 6.09. The maximum atomic E-state index is 5.93. The van der Waals surface area contributed by atoms with Gasteiger partial charge in [0.2, 0.25) is 0 Å². The number of nitrogens with one attached hydrogen (secondary N) is 1. The summed E-state index contributed by atoms with van der Waals surface area (Å²) < 4.78 is 6.52. The zero-order valence-corrected chi connectivity index (χ0v) is 14.3. The van der Waals surface area contributed by atoms with Crippen LogP contribution in [0.4, 0.5) is 0 Å². The first kappa shape index (κ1) is 16.3. The van der Waals surface area contributed by atoms with Crippen LogP contribution >= 0.6 is 22.9 Å². The van der Waals surface area contributed by atoms with Crippen LogP contribution in [0.2, 0.25) is 4.34 Å². The third kappa shape index (κ3) is 5.34. The van der Waals surface area contributed by atoms with Crippen molar-refractivity contribution in [1.82, 2.24) is 5.32 Å². The van der Waals surface area contributed by atoms with E-state index >= 15 is 0 Å². The fraction of sp³-hybridized carbons (Fsp3) is 0.412. The van der Waals surface area contributed by atoms with Gasteiger partial charge in [-0.3, -0.25) is 0 Å². The average Bonchev–Trinajstić information content (AvgIpc) is 2.84. The summed E-state index contributed by atoms with van der Waals surface area (Å²) >= 11 is 7.59. The molecule has 0 bridgehead atoms. The number of hydrogen-bond acceptors (Lipinski definition) is 3. The molecule has 1 unspecified atom stereocenters. The Balaban J connectivity index is 1.81. The summed E-state index contributed by atoms with van der Waals surface area (Å²) in [7, 11) is 0. The standard InChI is InChI=1S/C17H22ClNOS/c1-12(2)20-15-6-4-14(5-7-15)13(3)19-11-10-16-8-9-17(18)21-16/h4-9,12-13,19H,10-11H2,1-3H3. The molecule has 21 heavy (non-hydrogen) atoms. The van der Waals surface area contributed by atoms with Crippen molar-refractivity contribution < 1.29 is 4.74 Å². The van der Waals surface area contributed by atoms with Crippen LogP contribution in [0.3, 0.4) is 0 Å². The van der Waals surface area contributed by atoms with E-state index in [-0.39, 0.29) is 6.10 Å². The van der Waals surface area contributed by atoms with Crippen LogP contribution in [0, 0.1) is 0 Å². The lowest BCUT2D eigenvalue weighted by Gasteiger charge is -2.15. The molecule has 0 aliphatic rings. The zero-order chi connectivity index (χ0) is 15.2. The van der Waals surface area contributed by atoms with Crippen molar-refractivity contribution in [2.45, 2.75) is 39.3 Å². The Bertz CT molecular complexity index is 550. The van der Waals surface area contributed by atoms with Crippen molar-refractivity contribution in [3.05, 3.63) is 51.2 Å². The van der Waals surface area contributed by atoms with Crippen molar-refractivity contribution in [3.63, 3.8) is 0 Å². The molecular formula is C17H22ClNOS. The van der Waals surface area contributed by atoms with Gasteiger partial charge in [0.05, 0.1) is 10.4 Å². The van der Waals surface area contributed by atoms with E-state index < -0.39 is 0 Å². The smallest absolute Gasteiger partial charge is 0.119 e. The lowest BCUT2D eigenvalue weighted by atomic mass is 10.1. The lowest BCUT2D eigenvalue weighted by Crippen LogP contribution is -2.21. The van der Waals surface area contributed by atoms with Crippen LogP contribution in [-0.4, -0.2) is 12.6 Å². The maximum absolute atomic E-state index is 5.93. The van der Waals surface area contributed by atoms with Gasteiger partial charge >= 0.3 is 0 Å². The first-order valence-corrected chi connectivity index (χ1v) is 8.48. The molecule has 2 nitrogen and oxygen atoms in total. The summed E-state index contributed by atoms with van der Waals surface area (Å²) in [5, 5.41) is 3.54. The molecule has 4 heteroatoms. The topological polar surface area (TPSA) is 21.3 Å². The second kappa shape index (κ2) is 7.83. The van der Waals surface area contributed by atoms with Crippen molar-refractivity contribution in [3.8, 4) is 5.75 Å². The van der Waals surface area contributed by atoms with E-state index in [4.69, 9.17) is 16.3 Å². The van der Waals surface area contributed by atoms with Crippen LogP contribution in [0.1, 0.15) is 37.3 Å². The highest BCUT2D eigenvalue weighted by Gasteiger charge is 2.06. The normalized spacial score (nSPS) is 12.6. The first-order chi connectivity index (χ1) is 10.0. The fourth-order valence-electron chi connectivity index (χ4n) is 2.12. The molecule has 1 heterocycles. The van der Waals surface area contributed by atoms with Gasteiger partial charge in [0.15, 0.2) is 0 Å². The molecule has 0 saturated heterocycles. The quantitative estimate of drug-likeness (QED) is 0.767. The van der Waals surface area contributed by atoms with Crippen LogP contribution in [0.25, 0.3) is 0 Å². The Hall–Kier alpha value is -1.03. The minimum atomic E-state index is 0.212. The molecule has 1 N–H and O–H groups in total. The van der Waals surface area contributed by atoms with Gasteiger partial charge in [-0.05, 0) is 57.0 Å². The molecule has 0 fully saturated rings. The number of ether oxygens (including phenoxy) is 1. The van der Waals surface area contributed by atoms with E-state index in [9.17, 15) is 0 Å². The summed E-state index contributed by atoms with van der Waals surface area (Å²) in [5.41, 5.74) is 1.27. The highest BCUT2D eigenvalue weighted by atomic mass is 35.5. The monoisotopic (exact) mass is 323 g/mol. The van der Waals surface area contributed by atoms with Gasteiger partial charge in [-0.15, -0.1) is 11.3 Å². The Morgan fingerprint density at radius 2 is 1.81 bits per heavy atom. The number of thiophene rings is 1. The molecule has 0 saturated carbocycles. The second-order valence-electron chi connectivity index (χ2n) is 5.37. The minimum absolute atomic E-state index is 0.212. The van der Waals surface area contributed by atoms with Gasteiger partial charge in [-0.2, -0.15) is 0 Å². The van der Waals surface area contributed by atoms with E-state index in [2.05, 4.69) is 30.4 Å². The van der Waals surface area contributed by atoms with Crippen molar-refractivity contribution in [1.29, 1.82) is 0 Å². The predicted molar refractivity (Wildman–Crippen MR) is 91.7 cm³/mol. The van der Waals surface area contributed by atoms with Crippen LogP contribution in [0.5, 0.6) is 5.75 Å². The molecular weight excluding hydrogens is 302 g/mol.